The van der Waals surface area contributed by atoms with E-state index >= 15 is 0 Å². The van der Waals surface area contributed by atoms with E-state index in [-0.39, 0.29) is 11.9 Å². The summed E-state index contributed by atoms with van der Waals surface area (Å²) in [4.78, 5) is 12.4. The Labute approximate surface area is 117 Å². The van der Waals surface area contributed by atoms with Crippen molar-refractivity contribution >= 4 is 5.91 Å². The van der Waals surface area contributed by atoms with E-state index in [9.17, 15) is 4.79 Å². The molecule has 2 aliphatic rings. The number of hydrogen-bond acceptors (Lipinski definition) is 2. The molecule has 3 unspecified atom stereocenters. The summed E-state index contributed by atoms with van der Waals surface area (Å²) in [7, 11) is 0. The lowest BCUT2D eigenvalue weighted by atomic mass is 9.82. The fraction of sp³-hybridized carbons (Fsp3) is 0.938. The normalized spacial score (nSPS) is 30.8. The molecular formula is C16H30N2O. The molecule has 1 aliphatic carbocycles. The van der Waals surface area contributed by atoms with Crippen molar-refractivity contribution in [3.63, 3.8) is 0 Å². The topological polar surface area (TPSA) is 41.1 Å². The Morgan fingerprint density at radius 3 is 2.63 bits per heavy atom. The summed E-state index contributed by atoms with van der Waals surface area (Å²) in [5, 5.41) is 6.69. The van der Waals surface area contributed by atoms with Gasteiger partial charge in [0.15, 0.2) is 0 Å². The van der Waals surface area contributed by atoms with Gasteiger partial charge in [-0.15, -0.1) is 0 Å². The number of carbonyl (C=O) groups excluding carboxylic acids is 1. The molecule has 1 saturated carbocycles. The second kappa shape index (κ2) is 7.28. The maximum absolute atomic E-state index is 12.4. The summed E-state index contributed by atoms with van der Waals surface area (Å²) < 4.78 is 0. The van der Waals surface area contributed by atoms with E-state index < -0.39 is 0 Å². The maximum Gasteiger partial charge on any atom is 0.237 e. The van der Waals surface area contributed by atoms with E-state index in [4.69, 9.17) is 0 Å². The smallest absolute Gasteiger partial charge is 0.237 e. The summed E-state index contributed by atoms with van der Waals surface area (Å²) in [5.41, 5.74) is 0. The molecule has 0 radical (unpaired) electrons. The average molecular weight is 266 g/mol. The second-order valence-electron chi connectivity index (χ2n) is 6.56. The summed E-state index contributed by atoms with van der Waals surface area (Å²) in [5.74, 6) is 1.62. The van der Waals surface area contributed by atoms with Gasteiger partial charge in [-0.3, -0.25) is 4.79 Å². The SMILES string of the molecule is CCC(NC(=O)C1CC(C)CCN1)C1CCCCC1. The molecule has 1 amide bonds. The molecule has 3 nitrogen and oxygen atoms in total. The zero-order valence-electron chi connectivity index (χ0n) is 12.6. The molecule has 3 atom stereocenters. The highest BCUT2D eigenvalue weighted by molar-refractivity contribution is 5.82. The minimum atomic E-state index is 0.0430. The van der Waals surface area contributed by atoms with Crippen molar-refractivity contribution in [2.75, 3.05) is 6.54 Å². The van der Waals surface area contributed by atoms with Crippen LogP contribution in [0.2, 0.25) is 0 Å². The molecule has 19 heavy (non-hydrogen) atoms. The molecule has 0 spiro atoms. The van der Waals surface area contributed by atoms with Gasteiger partial charge in [-0.2, -0.15) is 0 Å². The van der Waals surface area contributed by atoms with Crippen LogP contribution in [0, 0.1) is 11.8 Å². The first-order valence-corrected chi connectivity index (χ1v) is 8.24. The Morgan fingerprint density at radius 2 is 2.00 bits per heavy atom. The molecule has 1 heterocycles. The maximum atomic E-state index is 12.4. The van der Waals surface area contributed by atoms with Gasteiger partial charge in [-0.25, -0.2) is 0 Å². The van der Waals surface area contributed by atoms with E-state index in [2.05, 4.69) is 24.5 Å². The fourth-order valence-corrected chi connectivity index (χ4v) is 3.68. The van der Waals surface area contributed by atoms with E-state index in [0.29, 0.717) is 17.9 Å². The predicted octanol–water partition coefficient (Wildman–Crippen LogP) is 2.85. The van der Waals surface area contributed by atoms with Crippen LogP contribution in [0.3, 0.4) is 0 Å². The minimum Gasteiger partial charge on any atom is -0.352 e. The number of rotatable bonds is 4. The summed E-state index contributed by atoms with van der Waals surface area (Å²) in [6, 6.07) is 0.438. The van der Waals surface area contributed by atoms with E-state index in [1.165, 1.54) is 38.5 Å². The van der Waals surface area contributed by atoms with Gasteiger partial charge in [-0.05, 0) is 50.5 Å². The van der Waals surface area contributed by atoms with E-state index in [1.807, 2.05) is 0 Å². The third kappa shape index (κ3) is 4.20. The monoisotopic (exact) mass is 266 g/mol. The number of hydrogen-bond donors (Lipinski definition) is 2. The lowest BCUT2D eigenvalue weighted by Gasteiger charge is -2.33. The van der Waals surface area contributed by atoms with E-state index in [1.54, 1.807) is 0 Å². The Morgan fingerprint density at radius 1 is 1.26 bits per heavy atom. The molecule has 0 aromatic rings. The lowest BCUT2D eigenvalue weighted by Crippen LogP contribution is -2.52. The standard InChI is InChI=1S/C16H30N2O/c1-3-14(13-7-5-4-6-8-13)18-16(19)15-11-12(2)9-10-17-15/h12-15,17H,3-11H2,1-2H3,(H,18,19). The third-order valence-electron chi connectivity index (χ3n) is 4.97. The summed E-state index contributed by atoms with van der Waals surface area (Å²) in [6.07, 6.45) is 9.92. The Hall–Kier alpha value is -0.570. The molecular weight excluding hydrogens is 236 g/mol. The van der Waals surface area contributed by atoms with Crippen molar-refractivity contribution in [3.05, 3.63) is 0 Å². The highest BCUT2D eigenvalue weighted by Crippen LogP contribution is 2.28. The van der Waals surface area contributed by atoms with Crippen molar-refractivity contribution < 1.29 is 4.79 Å². The first kappa shape index (κ1) is 14.8. The zero-order valence-corrected chi connectivity index (χ0v) is 12.6. The Bertz CT molecular complexity index is 286. The van der Waals surface area contributed by atoms with Crippen molar-refractivity contribution in [2.45, 2.75) is 77.3 Å². The molecule has 0 bridgehead atoms. The minimum absolute atomic E-state index is 0.0430. The molecule has 2 rings (SSSR count). The van der Waals surface area contributed by atoms with Crippen LogP contribution >= 0.6 is 0 Å². The van der Waals surface area contributed by atoms with Gasteiger partial charge in [0.2, 0.25) is 5.91 Å². The van der Waals surface area contributed by atoms with Crippen molar-refractivity contribution in [1.29, 1.82) is 0 Å². The van der Waals surface area contributed by atoms with Crippen LogP contribution in [-0.2, 0) is 4.79 Å². The first-order valence-electron chi connectivity index (χ1n) is 8.24. The van der Waals surface area contributed by atoms with Crippen LogP contribution in [0.15, 0.2) is 0 Å². The van der Waals surface area contributed by atoms with Crippen molar-refractivity contribution in [1.82, 2.24) is 10.6 Å². The molecule has 2 fully saturated rings. The Balaban J connectivity index is 1.84. The molecule has 1 aliphatic heterocycles. The van der Waals surface area contributed by atoms with Gasteiger partial charge in [0, 0.05) is 6.04 Å². The van der Waals surface area contributed by atoms with Gasteiger partial charge in [-0.1, -0.05) is 33.1 Å². The van der Waals surface area contributed by atoms with Crippen LogP contribution in [0.5, 0.6) is 0 Å². The predicted molar refractivity (Wildman–Crippen MR) is 79.0 cm³/mol. The molecule has 3 heteroatoms. The van der Waals surface area contributed by atoms with Crippen LogP contribution in [0.1, 0.15) is 65.2 Å². The first-order chi connectivity index (χ1) is 9.20. The van der Waals surface area contributed by atoms with Gasteiger partial charge in [0.05, 0.1) is 6.04 Å². The third-order valence-corrected chi connectivity index (χ3v) is 4.97. The van der Waals surface area contributed by atoms with Gasteiger partial charge in [0.1, 0.15) is 0 Å². The van der Waals surface area contributed by atoms with Gasteiger partial charge < -0.3 is 10.6 Å². The highest BCUT2D eigenvalue weighted by Gasteiger charge is 2.28. The second-order valence-corrected chi connectivity index (χ2v) is 6.56. The van der Waals surface area contributed by atoms with Crippen LogP contribution in [0.4, 0.5) is 0 Å². The zero-order chi connectivity index (χ0) is 13.7. The van der Waals surface area contributed by atoms with Crippen LogP contribution < -0.4 is 10.6 Å². The van der Waals surface area contributed by atoms with Crippen molar-refractivity contribution in [2.24, 2.45) is 11.8 Å². The largest absolute Gasteiger partial charge is 0.352 e. The number of nitrogens with one attached hydrogen (secondary N) is 2. The lowest BCUT2D eigenvalue weighted by molar-refractivity contribution is -0.125. The number of piperidine rings is 1. The van der Waals surface area contributed by atoms with Crippen LogP contribution in [0.25, 0.3) is 0 Å². The Kier molecular flexibility index (Phi) is 5.68. The summed E-state index contributed by atoms with van der Waals surface area (Å²) in [6.45, 7) is 5.44. The number of amides is 1. The molecule has 2 N–H and O–H groups in total. The highest BCUT2D eigenvalue weighted by atomic mass is 16.2. The molecule has 110 valence electrons. The fourth-order valence-electron chi connectivity index (χ4n) is 3.68. The molecule has 1 saturated heterocycles. The van der Waals surface area contributed by atoms with Crippen molar-refractivity contribution in [3.8, 4) is 0 Å². The summed E-state index contributed by atoms with van der Waals surface area (Å²) >= 11 is 0. The quantitative estimate of drug-likeness (QED) is 0.821. The van der Waals surface area contributed by atoms with Gasteiger partial charge in [0.25, 0.3) is 0 Å². The van der Waals surface area contributed by atoms with E-state index in [0.717, 1.165) is 19.4 Å². The van der Waals surface area contributed by atoms with Gasteiger partial charge >= 0.3 is 0 Å². The molecule has 0 aromatic carbocycles. The number of carbonyl (C=O) groups is 1. The average Bonchev–Trinajstić information content (AvgIpc) is 2.45. The van der Waals surface area contributed by atoms with Crippen LogP contribution in [-0.4, -0.2) is 24.5 Å². The molecule has 0 aromatic heterocycles.